The number of nitrogens with zero attached hydrogens (tertiary/aromatic N) is 3. The Kier molecular flexibility index (Phi) is 5.08. The molecular formula is C14H20N4O2S. The van der Waals surface area contributed by atoms with Crippen LogP contribution >= 0.6 is 11.3 Å². The Morgan fingerprint density at radius 2 is 2.24 bits per heavy atom. The van der Waals surface area contributed by atoms with E-state index in [2.05, 4.69) is 29.3 Å². The van der Waals surface area contributed by atoms with Gasteiger partial charge in [0.15, 0.2) is 5.13 Å². The highest BCUT2D eigenvalue weighted by Crippen LogP contribution is 2.17. The van der Waals surface area contributed by atoms with Crippen LogP contribution in [0, 0.1) is 0 Å². The molecule has 2 aromatic heterocycles. The molecular weight excluding hydrogens is 288 g/mol. The Labute approximate surface area is 128 Å². The van der Waals surface area contributed by atoms with E-state index >= 15 is 0 Å². The van der Waals surface area contributed by atoms with Crippen molar-refractivity contribution in [1.82, 2.24) is 15.0 Å². The predicted octanol–water partition coefficient (Wildman–Crippen LogP) is 2.71. The first-order valence-corrected chi connectivity index (χ1v) is 7.71. The van der Waals surface area contributed by atoms with Gasteiger partial charge in [0.1, 0.15) is 5.76 Å². The van der Waals surface area contributed by atoms with Crippen molar-refractivity contribution in [3.05, 3.63) is 29.1 Å². The van der Waals surface area contributed by atoms with Gasteiger partial charge in [0.05, 0.1) is 11.7 Å². The van der Waals surface area contributed by atoms with Gasteiger partial charge in [-0.15, -0.1) is 11.3 Å². The fraction of sp³-hybridized carbons (Fsp3) is 0.500. The minimum absolute atomic E-state index is 0.0833. The molecule has 1 amide bonds. The summed E-state index contributed by atoms with van der Waals surface area (Å²) in [6.07, 6.45) is 1.66. The van der Waals surface area contributed by atoms with Crippen molar-refractivity contribution in [2.24, 2.45) is 0 Å². The first-order valence-electron chi connectivity index (χ1n) is 6.83. The van der Waals surface area contributed by atoms with Gasteiger partial charge in [-0.25, -0.2) is 4.98 Å². The molecule has 0 unspecified atom stereocenters. The number of hydrogen-bond acceptors (Lipinski definition) is 6. The summed E-state index contributed by atoms with van der Waals surface area (Å²) in [5, 5.41) is 9.27. The highest BCUT2D eigenvalue weighted by atomic mass is 32.1. The number of likely N-dealkylation sites (N-methyl/N-ethyl adjacent to an activating group) is 1. The zero-order valence-electron chi connectivity index (χ0n) is 12.7. The largest absolute Gasteiger partial charge is 0.361 e. The van der Waals surface area contributed by atoms with Crippen molar-refractivity contribution in [2.75, 3.05) is 12.4 Å². The lowest BCUT2D eigenvalue weighted by Crippen LogP contribution is -2.39. The van der Waals surface area contributed by atoms with Crippen molar-refractivity contribution >= 4 is 22.4 Å². The Hall–Kier alpha value is -1.73. The summed E-state index contributed by atoms with van der Waals surface area (Å²) in [7, 11) is 1.88. The quantitative estimate of drug-likeness (QED) is 0.888. The molecule has 0 fully saturated rings. The number of amides is 1. The number of thiazole rings is 1. The van der Waals surface area contributed by atoms with Gasteiger partial charge in [-0.05, 0) is 14.0 Å². The van der Waals surface area contributed by atoms with Gasteiger partial charge in [0.25, 0.3) is 0 Å². The van der Waals surface area contributed by atoms with Crippen molar-refractivity contribution < 1.29 is 9.32 Å². The molecule has 2 rings (SSSR count). The van der Waals surface area contributed by atoms with Crippen LogP contribution in [0.2, 0.25) is 0 Å². The van der Waals surface area contributed by atoms with Crippen LogP contribution in [0.15, 0.2) is 22.2 Å². The maximum absolute atomic E-state index is 12.1. The molecule has 0 saturated heterocycles. The average Bonchev–Trinajstić information content (AvgIpc) is 3.09. The number of carbonyl (C=O) groups is 1. The van der Waals surface area contributed by atoms with Gasteiger partial charge in [-0.1, -0.05) is 19.0 Å². The lowest BCUT2D eigenvalue weighted by atomic mass is 10.1. The topological polar surface area (TPSA) is 71.3 Å². The van der Waals surface area contributed by atoms with E-state index < -0.39 is 0 Å². The Balaban J connectivity index is 1.92. The van der Waals surface area contributed by atoms with Crippen LogP contribution in [0.5, 0.6) is 0 Å². The van der Waals surface area contributed by atoms with Crippen LogP contribution < -0.4 is 5.32 Å². The summed E-state index contributed by atoms with van der Waals surface area (Å²) in [5.74, 6) is 1.08. The summed E-state index contributed by atoms with van der Waals surface area (Å²) < 4.78 is 5.27. The molecule has 0 aliphatic carbocycles. The summed E-state index contributed by atoms with van der Waals surface area (Å²) in [4.78, 5) is 18.1. The van der Waals surface area contributed by atoms with Gasteiger partial charge in [-0.2, -0.15) is 0 Å². The van der Waals surface area contributed by atoms with Crippen LogP contribution in [0.3, 0.4) is 0 Å². The first kappa shape index (κ1) is 15.7. The molecule has 7 heteroatoms. The molecule has 0 saturated carbocycles. The molecule has 0 aliphatic heterocycles. The highest BCUT2D eigenvalue weighted by Gasteiger charge is 2.20. The molecule has 0 aliphatic rings. The van der Waals surface area contributed by atoms with Crippen molar-refractivity contribution in [3.8, 4) is 0 Å². The van der Waals surface area contributed by atoms with E-state index in [4.69, 9.17) is 4.52 Å². The second-order valence-corrected chi connectivity index (χ2v) is 6.19. The van der Waals surface area contributed by atoms with Crippen molar-refractivity contribution in [3.63, 3.8) is 0 Å². The van der Waals surface area contributed by atoms with Crippen LogP contribution in [0.4, 0.5) is 5.13 Å². The SMILES string of the molecule is CC(C)c1cc(CN(C)[C@H](C)C(=O)Nc2nccs2)no1. The number of hydrogen-bond donors (Lipinski definition) is 1. The summed E-state index contributed by atoms with van der Waals surface area (Å²) in [5.41, 5.74) is 0.829. The van der Waals surface area contributed by atoms with E-state index in [9.17, 15) is 4.79 Å². The van der Waals surface area contributed by atoms with Gasteiger partial charge >= 0.3 is 0 Å². The maximum Gasteiger partial charge on any atom is 0.243 e. The molecule has 0 spiro atoms. The predicted molar refractivity (Wildman–Crippen MR) is 82.3 cm³/mol. The van der Waals surface area contributed by atoms with Crippen molar-refractivity contribution in [1.29, 1.82) is 0 Å². The zero-order chi connectivity index (χ0) is 15.4. The number of aromatic nitrogens is 2. The first-order chi connectivity index (χ1) is 9.97. The summed E-state index contributed by atoms with van der Waals surface area (Å²) >= 11 is 1.40. The van der Waals surface area contributed by atoms with E-state index in [-0.39, 0.29) is 11.9 Å². The third-order valence-corrected chi connectivity index (χ3v) is 3.95. The standard InChI is InChI=1S/C14H20N4O2S/c1-9(2)12-7-11(17-20-12)8-18(4)10(3)13(19)16-14-15-5-6-21-14/h5-7,9-10H,8H2,1-4H3,(H,15,16,19)/t10-/m1/s1. The maximum atomic E-state index is 12.1. The molecule has 6 nitrogen and oxygen atoms in total. The van der Waals surface area contributed by atoms with E-state index in [0.29, 0.717) is 17.6 Å². The van der Waals surface area contributed by atoms with E-state index in [1.54, 1.807) is 6.20 Å². The lowest BCUT2D eigenvalue weighted by Gasteiger charge is -2.22. The third-order valence-electron chi connectivity index (χ3n) is 3.26. The van der Waals surface area contributed by atoms with Crippen LogP contribution in [0.25, 0.3) is 0 Å². The molecule has 21 heavy (non-hydrogen) atoms. The number of carbonyl (C=O) groups excluding carboxylic acids is 1. The van der Waals surface area contributed by atoms with E-state index in [1.165, 1.54) is 11.3 Å². The fourth-order valence-electron chi connectivity index (χ4n) is 1.76. The number of nitrogens with one attached hydrogen (secondary N) is 1. The second kappa shape index (κ2) is 6.82. The van der Waals surface area contributed by atoms with E-state index in [1.807, 2.05) is 30.3 Å². The number of anilines is 1. The molecule has 0 bridgehead atoms. The zero-order valence-corrected chi connectivity index (χ0v) is 13.5. The average molecular weight is 308 g/mol. The Bertz CT molecular complexity index is 580. The fourth-order valence-corrected chi connectivity index (χ4v) is 2.29. The normalized spacial score (nSPS) is 12.9. The molecule has 1 atom stereocenters. The van der Waals surface area contributed by atoms with Crippen LogP contribution in [-0.4, -0.2) is 34.0 Å². The molecule has 2 heterocycles. The molecule has 0 aromatic carbocycles. The van der Waals surface area contributed by atoms with Crippen LogP contribution in [-0.2, 0) is 11.3 Å². The lowest BCUT2D eigenvalue weighted by molar-refractivity contribution is -0.120. The highest BCUT2D eigenvalue weighted by molar-refractivity contribution is 7.13. The van der Waals surface area contributed by atoms with Gasteiger partial charge in [0, 0.05) is 30.1 Å². The summed E-state index contributed by atoms with van der Waals surface area (Å²) in [6.45, 7) is 6.52. The Morgan fingerprint density at radius 1 is 1.48 bits per heavy atom. The smallest absolute Gasteiger partial charge is 0.243 e. The van der Waals surface area contributed by atoms with Crippen LogP contribution in [0.1, 0.15) is 38.1 Å². The monoisotopic (exact) mass is 308 g/mol. The van der Waals surface area contributed by atoms with Gasteiger partial charge < -0.3 is 9.84 Å². The summed E-state index contributed by atoms with van der Waals surface area (Å²) in [6, 6.07) is 1.65. The van der Waals surface area contributed by atoms with Gasteiger partial charge in [-0.3, -0.25) is 9.69 Å². The van der Waals surface area contributed by atoms with Crippen molar-refractivity contribution in [2.45, 2.75) is 39.3 Å². The molecule has 0 radical (unpaired) electrons. The molecule has 1 N–H and O–H groups in total. The minimum atomic E-state index is -0.284. The Morgan fingerprint density at radius 3 is 2.81 bits per heavy atom. The molecule has 2 aromatic rings. The third kappa shape index (κ3) is 4.12. The van der Waals surface area contributed by atoms with E-state index in [0.717, 1.165) is 11.5 Å². The number of rotatable bonds is 6. The van der Waals surface area contributed by atoms with Gasteiger partial charge in [0.2, 0.25) is 5.91 Å². The molecule has 114 valence electrons. The minimum Gasteiger partial charge on any atom is -0.361 e. The second-order valence-electron chi connectivity index (χ2n) is 5.29.